The van der Waals surface area contributed by atoms with Crippen LogP contribution in [0.3, 0.4) is 0 Å². The van der Waals surface area contributed by atoms with Crippen molar-refractivity contribution in [1.29, 1.82) is 0 Å². The Labute approximate surface area is 164 Å². The molecule has 1 aliphatic rings. The van der Waals surface area contributed by atoms with E-state index >= 15 is 0 Å². The Balaban J connectivity index is 1.67. The van der Waals surface area contributed by atoms with E-state index in [1.807, 2.05) is 42.5 Å². The number of carboxylic acids is 1. The number of carbonyl (C=O) groups is 2. The second-order valence-corrected chi connectivity index (χ2v) is 7.42. The van der Waals surface area contributed by atoms with E-state index < -0.39 is 17.3 Å². The molecule has 1 atom stereocenters. The maximum atomic E-state index is 12.8. The van der Waals surface area contributed by atoms with Crippen molar-refractivity contribution in [3.05, 3.63) is 59.7 Å². The molecule has 28 heavy (non-hydrogen) atoms. The van der Waals surface area contributed by atoms with Gasteiger partial charge in [-0.2, -0.15) is 0 Å². The zero-order chi connectivity index (χ0) is 20.1. The van der Waals surface area contributed by atoms with Gasteiger partial charge in [0, 0.05) is 6.54 Å². The molecule has 0 fully saturated rings. The van der Waals surface area contributed by atoms with E-state index in [9.17, 15) is 14.7 Å². The van der Waals surface area contributed by atoms with Gasteiger partial charge in [0.05, 0.1) is 11.3 Å². The molecule has 0 aromatic heterocycles. The minimum Gasteiger partial charge on any atom is -0.486 e. The number of carbonyl (C=O) groups excluding carboxylic acids is 1. The fourth-order valence-corrected chi connectivity index (χ4v) is 3.15. The highest BCUT2D eigenvalue weighted by Crippen LogP contribution is 2.35. The Morgan fingerprint density at radius 1 is 1.07 bits per heavy atom. The Morgan fingerprint density at radius 3 is 2.43 bits per heavy atom. The predicted molar refractivity (Wildman–Crippen MR) is 105 cm³/mol. The van der Waals surface area contributed by atoms with E-state index in [1.165, 1.54) is 0 Å². The second-order valence-electron chi connectivity index (χ2n) is 7.42. The third-order valence-electron chi connectivity index (χ3n) is 5.01. The minimum absolute atomic E-state index is 0.0665. The fourth-order valence-electron chi connectivity index (χ4n) is 3.15. The number of amides is 1. The van der Waals surface area contributed by atoms with Gasteiger partial charge < -0.3 is 19.9 Å². The number of rotatable bonds is 7. The molecule has 1 heterocycles. The average Bonchev–Trinajstić information content (AvgIpc) is 2.71. The molecule has 6 heteroatoms. The molecule has 2 aromatic rings. The van der Waals surface area contributed by atoms with Crippen LogP contribution in [-0.4, -0.2) is 36.7 Å². The van der Waals surface area contributed by atoms with Gasteiger partial charge in [0.15, 0.2) is 11.5 Å². The Bertz CT molecular complexity index is 847. The van der Waals surface area contributed by atoms with Crippen LogP contribution in [0.5, 0.6) is 11.5 Å². The van der Waals surface area contributed by atoms with Crippen molar-refractivity contribution in [3.63, 3.8) is 0 Å². The van der Waals surface area contributed by atoms with Crippen LogP contribution < -0.4 is 14.8 Å². The first-order valence-corrected chi connectivity index (χ1v) is 9.33. The van der Waals surface area contributed by atoms with Crippen LogP contribution in [0, 0.1) is 5.92 Å². The first-order chi connectivity index (χ1) is 13.4. The lowest BCUT2D eigenvalue weighted by molar-refractivity contribution is -0.141. The van der Waals surface area contributed by atoms with Crippen molar-refractivity contribution < 1.29 is 24.2 Å². The smallest absolute Gasteiger partial charge is 0.308 e. The van der Waals surface area contributed by atoms with Crippen LogP contribution in [0.4, 0.5) is 0 Å². The lowest BCUT2D eigenvalue weighted by Crippen LogP contribution is -2.43. The number of fused-ring (bicyclic) bond motifs is 1. The van der Waals surface area contributed by atoms with Crippen LogP contribution in [0.1, 0.15) is 25.0 Å². The maximum Gasteiger partial charge on any atom is 0.308 e. The van der Waals surface area contributed by atoms with E-state index in [1.54, 1.807) is 19.9 Å². The van der Waals surface area contributed by atoms with E-state index in [-0.39, 0.29) is 12.5 Å². The molecule has 1 amide bonds. The number of hydrogen-bond donors (Lipinski definition) is 2. The highest BCUT2D eigenvalue weighted by atomic mass is 16.6. The summed E-state index contributed by atoms with van der Waals surface area (Å²) in [6.07, 6.45) is 0.362. The van der Waals surface area contributed by atoms with Gasteiger partial charge in [0.2, 0.25) is 5.91 Å². The normalized spacial score (nSPS) is 14.2. The SMILES string of the molecule is CC(C)(C(=O)NCC(Cc1ccccc1)C(=O)O)c1ccc2c(c1)OCCO2. The van der Waals surface area contributed by atoms with Crippen molar-refractivity contribution in [2.45, 2.75) is 25.7 Å². The third-order valence-corrected chi connectivity index (χ3v) is 5.01. The van der Waals surface area contributed by atoms with Crippen molar-refractivity contribution in [2.75, 3.05) is 19.8 Å². The summed E-state index contributed by atoms with van der Waals surface area (Å²) >= 11 is 0. The Morgan fingerprint density at radius 2 is 1.75 bits per heavy atom. The number of aliphatic carboxylic acids is 1. The topological polar surface area (TPSA) is 84.9 Å². The number of carboxylic acid groups (broad SMARTS) is 1. The molecule has 0 radical (unpaired) electrons. The highest BCUT2D eigenvalue weighted by molar-refractivity contribution is 5.88. The number of hydrogen-bond acceptors (Lipinski definition) is 4. The maximum absolute atomic E-state index is 12.8. The lowest BCUT2D eigenvalue weighted by Gasteiger charge is -2.27. The molecule has 1 unspecified atom stereocenters. The van der Waals surface area contributed by atoms with Crippen LogP contribution in [0.15, 0.2) is 48.5 Å². The predicted octanol–water partition coefficient (Wildman–Crippen LogP) is 2.80. The van der Waals surface area contributed by atoms with Gasteiger partial charge in [-0.1, -0.05) is 36.4 Å². The zero-order valence-corrected chi connectivity index (χ0v) is 16.1. The van der Waals surface area contributed by atoms with Gasteiger partial charge in [0.25, 0.3) is 0 Å². The molecular weight excluding hydrogens is 358 g/mol. The summed E-state index contributed by atoms with van der Waals surface area (Å²) in [7, 11) is 0. The van der Waals surface area contributed by atoms with Crippen LogP contribution in [0.2, 0.25) is 0 Å². The van der Waals surface area contributed by atoms with Crippen molar-refractivity contribution in [1.82, 2.24) is 5.32 Å². The second kappa shape index (κ2) is 8.33. The molecule has 0 saturated carbocycles. The van der Waals surface area contributed by atoms with E-state index in [0.29, 0.717) is 31.1 Å². The summed E-state index contributed by atoms with van der Waals surface area (Å²) in [4.78, 5) is 24.5. The standard InChI is InChI=1S/C22H25NO5/c1-22(2,17-8-9-18-19(13-17)28-11-10-27-18)21(26)23-14-16(20(24)25)12-15-6-4-3-5-7-15/h3-9,13,16H,10-12,14H2,1-2H3,(H,23,26)(H,24,25). The van der Waals surface area contributed by atoms with Crippen LogP contribution >= 0.6 is 0 Å². The molecule has 6 nitrogen and oxygen atoms in total. The first-order valence-electron chi connectivity index (χ1n) is 9.33. The number of nitrogens with one attached hydrogen (secondary N) is 1. The van der Waals surface area contributed by atoms with Crippen LogP contribution in [-0.2, 0) is 21.4 Å². The monoisotopic (exact) mass is 383 g/mol. The van der Waals surface area contributed by atoms with Gasteiger partial charge in [0.1, 0.15) is 13.2 Å². The number of benzene rings is 2. The average molecular weight is 383 g/mol. The van der Waals surface area contributed by atoms with Gasteiger partial charge in [-0.25, -0.2) is 0 Å². The molecule has 0 spiro atoms. The van der Waals surface area contributed by atoms with E-state index in [4.69, 9.17) is 9.47 Å². The summed E-state index contributed by atoms with van der Waals surface area (Å²) < 4.78 is 11.1. The van der Waals surface area contributed by atoms with E-state index in [0.717, 1.165) is 11.1 Å². The summed E-state index contributed by atoms with van der Waals surface area (Å²) in [6.45, 7) is 4.66. The fraction of sp³-hybridized carbons (Fsp3) is 0.364. The largest absolute Gasteiger partial charge is 0.486 e. The van der Waals surface area contributed by atoms with Crippen molar-refractivity contribution in [3.8, 4) is 11.5 Å². The minimum atomic E-state index is -0.929. The van der Waals surface area contributed by atoms with Gasteiger partial charge in [-0.3, -0.25) is 9.59 Å². The van der Waals surface area contributed by atoms with Gasteiger partial charge >= 0.3 is 5.97 Å². The summed E-state index contributed by atoms with van der Waals surface area (Å²) in [5, 5.41) is 12.3. The zero-order valence-electron chi connectivity index (χ0n) is 16.1. The van der Waals surface area contributed by atoms with Crippen molar-refractivity contribution in [2.24, 2.45) is 5.92 Å². The molecule has 0 bridgehead atoms. The molecule has 1 aliphatic heterocycles. The van der Waals surface area contributed by atoms with Gasteiger partial charge in [-0.05, 0) is 43.5 Å². The molecule has 148 valence electrons. The van der Waals surface area contributed by atoms with Crippen LogP contribution in [0.25, 0.3) is 0 Å². The molecule has 2 aromatic carbocycles. The summed E-state index contributed by atoms with van der Waals surface area (Å²) in [5.41, 5.74) is 0.866. The van der Waals surface area contributed by atoms with Gasteiger partial charge in [-0.15, -0.1) is 0 Å². The Hall–Kier alpha value is -3.02. The molecule has 3 rings (SSSR count). The molecule has 0 aliphatic carbocycles. The lowest BCUT2D eigenvalue weighted by atomic mass is 9.83. The Kier molecular flexibility index (Phi) is 5.87. The number of ether oxygens (including phenoxy) is 2. The molecular formula is C22H25NO5. The third kappa shape index (κ3) is 4.44. The quantitative estimate of drug-likeness (QED) is 0.768. The molecule has 0 saturated heterocycles. The summed E-state index contributed by atoms with van der Waals surface area (Å²) in [6, 6.07) is 14.9. The highest BCUT2D eigenvalue weighted by Gasteiger charge is 2.32. The van der Waals surface area contributed by atoms with E-state index in [2.05, 4.69) is 5.32 Å². The summed E-state index contributed by atoms with van der Waals surface area (Å²) in [5.74, 6) is -0.565. The first kappa shape index (κ1) is 19.7. The molecule has 2 N–H and O–H groups in total. The van der Waals surface area contributed by atoms with Crippen molar-refractivity contribution >= 4 is 11.9 Å².